The molecule has 3 aromatic carbocycles. The van der Waals surface area contributed by atoms with Crippen LogP contribution < -0.4 is 19.5 Å². The molecule has 0 saturated carbocycles. The summed E-state index contributed by atoms with van der Waals surface area (Å²) in [4.78, 5) is 24.7. The number of rotatable bonds is 9. The van der Waals surface area contributed by atoms with Crippen LogP contribution in [0.5, 0.6) is 17.2 Å². The molecule has 0 aromatic heterocycles. The lowest BCUT2D eigenvalue weighted by Crippen LogP contribution is -2.23. The highest BCUT2D eigenvalue weighted by Crippen LogP contribution is 2.29. The molecule has 8 heteroatoms. The lowest BCUT2D eigenvalue weighted by Gasteiger charge is -2.12. The highest BCUT2D eigenvalue weighted by Gasteiger charge is 2.14. The Bertz CT molecular complexity index is 1280. The summed E-state index contributed by atoms with van der Waals surface area (Å²) in [6.07, 6.45) is 1.43. The van der Waals surface area contributed by atoms with Gasteiger partial charge in [-0.1, -0.05) is 48.0 Å². The van der Waals surface area contributed by atoms with Crippen molar-refractivity contribution in [3.8, 4) is 23.3 Å². The van der Waals surface area contributed by atoms with E-state index in [1.807, 2.05) is 43.3 Å². The maximum atomic E-state index is 12.4. The van der Waals surface area contributed by atoms with Crippen molar-refractivity contribution < 1.29 is 23.8 Å². The zero-order valence-electron chi connectivity index (χ0n) is 19.2. The van der Waals surface area contributed by atoms with Crippen molar-refractivity contribution in [1.82, 2.24) is 5.32 Å². The van der Waals surface area contributed by atoms with Crippen molar-refractivity contribution in [2.75, 3.05) is 13.7 Å². The fourth-order valence-corrected chi connectivity index (χ4v) is 3.34. The summed E-state index contributed by atoms with van der Waals surface area (Å²) in [6, 6.07) is 21.1. The summed E-state index contributed by atoms with van der Waals surface area (Å²) in [5, 5.41) is 12.7. The molecule has 1 N–H and O–H groups in total. The van der Waals surface area contributed by atoms with Crippen molar-refractivity contribution in [2.24, 2.45) is 0 Å². The van der Waals surface area contributed by atoms with Gasteiger partial charge in [0.25, 0.3) is 5.91 Å². The average molecular weight is 491 g/mol. The SMILES string of the molecule is COc1cc(/C=C(\C#N)C(=O)NCc2ccccc2)ccc1OC(=O)COc1ccc(Cl)cc1C. The number of esters is 1. The zero-order valence-corrected chi connectivity index (χ0v) is 20.0. The van der Waals surface area contributed by atoms with Crippen LogP contribution in [-0.4, -0.2) is 25.6 Å². The molecule has 0 aliphatic carbocycles. The number of ether oxygens (including phenoxy) is 3. The number of hydrogen-bond donors (Lipinski definition) is 1. The van der Waals surface area contributed by atoms with Crippen molar-refractivity contribution in [3.63, 3.8) is 0 Å². The van der Waals surface area contributed by atoms with Crippen molar-refractivity contribution in [3.05, 3.63) is 94.0 Å². The van der Waals surface area contributed by atoms with Crippen molar-refractivity contribution in [2.45, 2.75) is 13.5 Å². The number of methoxy groups -OCH3 is 1. The van der Waals surface area contributed by atoms with E-state index >= 15 is 0 Å². The Morgan fingerprint density at radius 3 is 2.46 bits per heavy atom. The molecule has 0 spiro atoms. The molecule has 178 valence electrons. The Morgan fingerprint density at radius 1 is 1.03 bits per heavy atom. The molecule has 0 unspecified atom stereocenters. The quantitative estimate of drug-likeness (QED) is 0.199. The zero-order chi connectivity index (χ0) is 25.2. The molecule has 0 bridgehead atoms. The highest BCUT2D eigenvalue weighted by atomic mass is 35.5. The van der Waals surface area contributed by atoms with Gasteiger partial charge >= 0.3 is 5.97 Å². The predicted molar refractivity (Wildman–Crippen MR) is 132 cm³/mol. The number of nitrogens with zero attached hydrogens (tertiary/aromatic N) is 1. The van der Waals surface area contributed by atoms with Gasteiger partial charge in [-0.05, 0) is 60.0 Å². The van der Waals surface area contributed by atoms with E-state index in [-0.39, 0.29) is 23.7 Å². The van der Waals surface area contributed by atoms with Crippen LogP contribution in [0.1, 0.15) is 16.7 Å². The molecular formula is C27H23ClN2O5. The molecule has 0 radical (unpaired) electrons. The summed E-state index contributed by atoms with van der Waals surface area (Å²) < 4.78 is 16.2. The number of amides is 1. The van der Waals surface area contributed by atoms with Gasteiger partial charge in [0.15, 0.2) is 18.1 Å². The number of benzene rings is 3. The minimum Gasteiger partial charge on any atom is -0.493 e. The Morgan fingerprint density at radius 2 is 1.77 bits per heavy atom. The van der Waals surface area contributed by atoms with Crippen LogP contribution in [0, 0.1) is 18.3 Å². The number of carbonyl (C=O) groups excluding carboxylic acids is 2. The second kappa shape index (κ2) is 12.3. The summed E-state index contributed by atoms with van der Waals surface area (Å²) in [6.45, 7) is 1.81. The Hall–Kier alpha value is -4.28. The normalized spacial score (nSPS) is 10.7. The maximum Gasteiger partial charge on any atom is 0.349 e. The molecule has 3 rings (SSSR count). The van der Waals surface area contributed by atoms with Gasteiger partial charge in [0.2, 0.25) is 0 Å². The Kier molecular flexibility index (Phi) is 8.88. The van der Waals surface area contributed by atoms with Crippen LogP contribution in [0.4, 0.5) is 0 Å². The van der Waals surface area contributed by atoms with Gasteiger partial charge in [0.05, 0.1) is 7.11 Å². The van der Waals surface area contributed by atoms with Crippen LogP contribution >= 0.6 is 11.6 Å². The first-order chi connectivity index (χ1) is 16.9. The molecule has 7 nitrogen and oxygen atoms in total. The van der Waals surface area contributed by atoms with Crippen LogP contribution in [0.15, 0.2) is 72.3 Å². The van der Waals surface area contributed by atoms with E-state index in [2.05, 4.69) is 5.32 Å². The predicted octanol–water partition coefficient (Wildman–Crippen LogP) is 4.86. The van der Waals surface area contributed by atoms with E-state index in [0.717, 1.165) is 11.1 Å². The fraction of sp³-hybridized carbons (Fsp3) is 0.148. The first-order valence-electron chi connectivity index (χ1n) is 10.6. The fourth-order valence-electron chi connectivity index (χ4n) is 3.11. The minimum atomic E-state index is -0.626. The van der Waals surface area contributed by atoms with Gasteiger partial charge in [-0.3, -0.25) is 4.79 Å². The standard InChI is InChI=1S/C27H23ClN2O5/c1-18-12-22(28)9-11-23(18)34-17-26(31)35-24-10-8-20(14-25(24)33-2)13-21(15-29)27(32)30-16-19-6-4-3-5-7-19/h3-14H,16-17H2,1-2H3,(H,30,32)/b21-13+. The topological polar surface area (TPSA) is 97.6 Å². The monoisotopic (exact) mass is 490 g/mol. The van der Waals surface area contributed by atoms with E-state index in [1.165, 1.54) is 19.3 Å². The third-order valence-corrected chi connectivity index (χ3v) is 5.10. The number of carbonyl (C=O) groups is 2. The lowest BCUT2D eigenvalue weighted by atomic mass is 10.1. The minimum absolute atomic E-state index is 0.0699. The first-order valence-corrected chi connectivity index (χ1v) is 11.0. The van der Waals surface area contributed by atoms with Crippen molar-refractivity contribution >= 4 is 29.6 Å². The number of aryl methyl sites for hydroxylation is 1. The molecule has 3 aromatic rings. The van der Waals surface area contributed by atoms with E-state index in [1.54, 1.807) is 30.3 Å². The van der Waals surface area contributed by atoms with Gasteiger partial charge in [-0.2, -0.15) is 5.26 Å². The Labute approximate surface area is 208 Å². The smallest absolute Gasteiger partial charge is 0.349 e. The Balaban J connectivity index is 1.64. The van der Waals surface area contributed by atoms with Gasteiger partial charge in [-0.15, -0.1) is 0 Å². The van der Waals surface area contributed by atoms with E-state index < -0.39 is 11.9 Å². The molecule has 0 atom stereocenters. The number of nitriles is 1. The van der Waals surface area contributed by atoms with E-state index in [9.17, 15) is 14.9 Å². The van der Waals surface area contributed by atoms with Gasteiger partial charge < -0.3 is 19.5 Å². The summed E-state index contributed by atoms with van der Waals surface area (Å²) in [7, 11) is 1.42. The third-order valence-electron chi connectivity index (χ3n) is 4.87. The first kappa shape index (κ1) is 25.3. The largest absolute Gasteiger partial charge is 0.493 e. The lowest BCUT2D eigenvalue weighted by molar-refractivity contribution is -0.136. The number of nitrogens with one attached hydrogen (secondary N) is 1. The summed E-state index contributed by atoms with van der Waals surface area (Å²) in [5.74, 6) is -0.164. The molecule has 0 aliphatic heterocycles. The van der Waals surface area contributed by atoms with E-state index in [0.29, 0.717) is 22.9 Å². The molecule has 0 saturated heterocycles. The maximum absolute atomic E-state index is 12.4. The van der Waals surface area contributed by atoms with Gasteiger partial charge in [0, 0.05) is 11.6 Å². The molecule has 1 amide bonds. The second-order valence-electron chi connectivity index (χ2n) is 7.42. The average Bonchev–Trinajstić information content (AvgIpc) is 2.86. The molecule has 35 heavy (non-hydrogen) atoms. The van der Waals surface area contributed by atoms with Gasteiger partial charge in [0.1, 0.15) is 17.4 Å². The summed E-state index contributed by atoms with van der Waals surface area (Å²) >= 11 is 5.93. The van der Waals surface area contributed by atoms with Crippen LogP contribution in [0.25, 0.3) is 6.08 Å². The molecule has 0 fully saturated rings. The second-order valence-corrected chi connectivity index (χ2v) is 7.86. The number of hydrogen-bond acceptors (Lipinski definition) is 6. The molecular weight excluding hydrogens is 468 g/mol. The molecule has 0 heterocycles. The third kappa shape index (κ3) is 7.36. The van der Waals surface area contributed by atoms with Gasteiger partial charge in [-0.25, -0.2) is 4.79 Å². The van der Waals surface area contributed by atoms with Crippen molar-refractivity contribution in [1.29, 1.82) is 5.26 Å². The van der Waals surface area contributed by atoms with E-state index in [4.69, 9.17) is 25.8 Å². The summed E-state index contributed by atoms with van der Waals surface area (Å²) in [5.41, 5.74) is 2.17. The number of halogens is 1. The van der Waals surface area contributed by atoms with Crippen LogP contribution in [0.2, 0.25) is 5.02 Å². The van der Waals surface area contributed by atoms with Crippen LogP contribution in [-0.2, 0) is 16.1 Å². The van der Waals surface area contributed by atoms with Crippen LogP contribution in [0.3, 0.4) is 0 Å². The highest BCUT2D eigenvalue weighted by molar-refractivity contribution is 6.30. The molecule has 0 aliphatic rings.